The summed E-state index contributed by atoms with van der Waals surface area (Å²) in [5.74, 6) is 0.154. The van der Waals surface area contributed by atoms with Crippen LogP contribution in [0.5, 0.6) is 0 Å². The molecule has 0 aliphatic carbocycles. The molecule has 0 radical (unpaired) electrons. The first-order valence-corrected chi connectivity index (χ1v) is 17.3. The van der Waals surface area contributed by atoms with Crippen LogP contribution in [0.3, 0.4) is 0 Å². The van der Waals surface area contributed by atoms with E-state index in [1.807, 2.05) is 59.5 Å². The van der Waals surface area contributed by atoms with Gasteiger partial charge in [-0.1, -0.05) is 41.9 Å². The second kappa shape index (κ2) is 16.4. The Morgan fingerprint density at radius 1 is 0.900 bits per heavy atom. The number of benzene rings is 2. The van der Waals surface area contributed by atoms with Gasteiger partial charge >= 0.3 is 0 Å². The summed E-state index contributed by atoms with van der Waals surface area (Å²) in [6.07, 6.45) is 5.21. The van der Waals surface area contributed by atoms with E-state index in [0.29, 0.717) is 30.3 Å². The monoisotopic (exact) mass is 616 g/mol. The van der Waals surface area contributed by atoms with Crippen molar-refractivity contribution in [3.8, 4) is 0 Å². The van der Waals surface area contributed by atoms with Gasteiger partial charge in [-0.25, -0.2) is 0 Å². The highest BCUT2D eigenvalue weighted by Crippen LogP contribution is 2.27. The van der Waals surface area contributed by atoms with Crippen molar-refractivity contribution in [3.05, 3.63) is 65.2 Å². The number of hydrogen-bond acceptors (Lipinski definition) is 8. The van der Waals surface area contributed by atoms with Crippen LogP contribution in [0.4, 0.5) is 5.69 Å². The van der Waals surface area contributed by atoms with Crippen LogP contribution >= 0.6 is 11.6 Å². The Balaban J connectivity index is 0.000000342. The predicted molar refractivity (Wildman–Crippen MR) is 160 cm³/mol. The molecule has 12 heteroatoms. The molecule has 2 aromatic carbocycles. The van der Waals surface area contributed by atoms with Crippen molar-refractivity contribution in [3.63, 3.8) is 0 Å². The van der Waals surface area contributed by atoms with Gasteiger partial charge in [0.25, 0.3) is 20.2 Å². The van der Waals surface area contributed by atoms with Gasteiger partial charge in [0, 0.05) is 35.9 Å². The van der Waals surface area contributed by atoms with E-state index in [0.717, 1.165) is 49.7 Å². The number of carbonyl (C=O) groups is 1. The molecule has 1 saturated heterocycles. The zero-order valence-electron chi connectivity index (χ0n) is 23.7. The van der Waals surface area contributed by atoms with E-state index in [-0.39, 0.29) is 25.2 Å². The summed E-state index contributed by atoms with van der Waals surface area (Å²) >= 11 is 6.06. The number of hydrogen-bond donors (Lipinski definition) is 0. The Morgan fingerprint density at radius 2 is 1.40 bits per heavy atom. The van der Waals surface area contributed by atoms with E-state index < -0.39 is 20.2 Å². The highest BCUT2D eigenvalue weighted by Gasteiger charge is 2.29. The zero-order valence-corrected chi connectivity index (χ0v) is 26.1. The van der Waals surface area contributed by atoms with Gasteiger partial charge in [0.1, 0.15) is 0 Å². The summed E-state index contributed by atoms with van der Waals surface area (Å²) in [5, 5.41) is 0.693. The summed E-state index contributed by atoms with van der Waals surface area (Å²) in [5.41, 5.74) is 1.99. The molecule has 0 atom stereocenters. The van der Waals surface area contributed by atoms with Gasteiger partial charge in [0.05, 0.1) is 32.1 Å². The lowest BCUT2D eigenvalue weighted by Gasteiger charge is -2.40. The van der Waals surface area contributed by atoms with Crippen LogP contribution in [0, 0.1) is 0 Å². The van der Waals surface area contributed by atoms with Crippen molar-refractivity contribution in [1.29, 1.82) is 0 Å². The molecular weight excluding hydrogens is 576 g/mol. The molecule has 1 amide bonds. The number of anilines is 1. The molecule has 40 heavy (non-hydrogen) atoms. The van der Waals surface area contributed by atoms with E-state index in [9.17, 15) is 21.6 Å². The molecule has 0 spiro atoms. The van der Waals surface area contributed by atoms with Crippen LogP contribution in [0.2, 0.25) is 5.02 Å². The zero-order chi connectivity index (χ0) is 29.8. The summed E-state index contributed by atoms with van der Waals surface area (Å²) < 4.78 is 50.8. The van der Waals surface area contributed by atoms with E-state index >= 15 is 0 Å². The number of unbranched alkanes of at least 4 members (excludes halogenated alkanes) is 1. The maximum absolute atomic E-state index is 13.2. The first-order valence-electron chi connectivity index (χ1n) is 13.3. The molecule has 0 saturated carbocycles. The third kappa shape index (κ3) is 13.6. The van der Waals surface area contributed by atoms with Gasteiger partial charge in [0.15, 0.2) is 0 Å². The first kappa shape index (κ1) is 34.2. The average Bonchev–Trinajstić information content (AvgIpc) is 2.87. The molecular formula is C28H41ClN2O7S2. The minimum atomic E-state index is -3.40. The highest BCUT2D eigenvalue weighted by atomic mass is 35.5. The number of likely N-dealkylation sites (tertiary alicyclic amines) is 1. The SMILES string of the molecule is CC(C)N1CCC(N(C(=O)Cc2ccccc2)c2ccc(Cl)cc2)CC1.CS(=O)(=O)OCCCCOS(C)(=O)=O. The van der Waals surface area contributed by atoms with Gasteiger partial charge in [-0.3, -0.25) is 13.2 Å². The summed E-state index contributed by atoms with van der Waals surface area (Å²) in [4.78, 5) is 17.7. The smallest absolute Gasteiger partial charge is 0.264 e. The van der Waals surface area contributed by atoms with E-state index in [4.69, 9.17) is 11.6 Å². The van der Waals surface area contributed by atoms with E-state index in [1.54, 1.807) is 0 Å². The average molecular weight is 617 g/mol. The highest BCUT2D eigenvalue weighted by molar-refractivity contribution is 7.86. The van der Waals surface area contributed by atoms with Gasteiger partial charge in [-0.15, -0.1) is 0 Å². The molecule has 0 bridgehead atoms. The van der Waals surface area contributed by atoms with E-state index in [1.165, 1.54) is 0 Å². The Hall–Kier alpha value is -2.02. The number of halogens is 1. The quantitative estimate of drug-likeness (QED) is 0.253. The normalized spacial score (nSPS) is 14.9. The predicted octanol–water partition coefficient (Wildman–Crippen LogP) is 4.51. The number of piperidine rings is 1. The number of nitrogens with zero attached hydrogens (tertiary/aromatic N) is 2. The molecule has 0 N–H and O–H groups in total. The Labute approximate surface area is 244 Å². The first-order chi connectivity index (χ1) is 18.7. The third-order valence-electron chi connectivity index (χ3n) is 6.30. The standard InChI is InChI=1S/C22H27ClN2O.C6H14O6S2/c1-17(2)24-14-12-21(13-15-24)25(20-10-8-19(23)9-11-20)22(26)16-18-6-4-3-5-7-18;1-13(7,8)11-5-3-4-6-12-14(2,9)10/h3-11,17,21H,12-16H2,1-2H3;3-6H2,1-2H3. The topological polar surface area (TPSA) is 110 Å². The fraction of sp³-hybridized carbons (Fsp3) is 0.536. The minimum absolute atomic E-state index is 0.0476. The van der Waals surface area contributed by atoms with Gasteiger partial charge in [0.2, 0.25) is 5.91 Å². The van der Waals surface area contributed by atoms with Crippen molar-refractivity contribution in [1.82, 2.24) is 4.90 Å². The van der Waals surface area contributed by atoms with E-state index in [2.05, 4.69) is 27.1 Å². The molecule has 9 nitrogen and oxygen atoms in total. The van der Waals surface area contributed by atoms with Crippen LogP contribution in [-0.4, -0.2) is 78.5 Å². The van der Waals surface area contributed by atoms with Crippen molar-refractivity contribution >= 4 is 43.4 Å². The van der Waals surface area contributed by atoms with Gasteiger partial charge in [-0.05, 0) is 69.4 Å². The molecule has 0 aromatic heterocycles. The largest absolute Gasteiger partial charge is 0.309 e. The fourth-order valence-corrected chi connectivity index (χ4v) is 5.27. The molecule has 1 heterocycles. The van der Waals surface area contributed by atoms with Crippen molar-refractivity contribution < 1.29 is 30.0 Å². The van der Waals surface area contributed by atoms with Gasteiger partial charge < -0.3 is 9.80 Å². The molecule has 1 aliphatic rings. The maximum Gasteiger partial charge on any atom is 0.264 e. The maximum atomic E-state index is 13.2. The Kier molecular flexibility index (Phi) is 14.0. The number of amides is 1. The lowest BCUT2D eigenvalue weighted by molar-refractivity contribution is -0.118. The Bertz CT molecular complexity index is 1210. The Morgan fingerprint density at radius 3 is 1.85 bits per heavy atom. The van der Waals surface area contributed by atoms with Crippen LogP contribution < -0.4 is 4.90 Å². The van der Waals surface area contributed by atoms with Crippen molar-refractivity contribution in [2.24, 2.45) is 0 Å². The molecule has 3 rings (SSSR count). The third-order valence-corrected chi connectivity index (χ3v) is 7.74. The second-order valence-corrected chi connectivity index (χ2v) is 13.7. The summed E-state index contributed by atoms with van der Waals surface area (Å²) in [6, 6.07) is 18.4. The molecule has 1 aliphatic heterocycles. The number of carbonyl (C=O) groups excluding carboxylic acids is 1. The van der Waals surface area contributed by atoms with Crippen LogP contribution in [-0.2, 0) is 39.8 Å². The lowest BCUT2D eigenvalue weighted by Crippen LogP contribution is -2.49. The minimum Gasteiger partial charge on any atom is -0.309 e. The second-order valence-electron chi connectivity index (χ2n) is 10.0. The number of rotatable bonds is 12. The van der Waals surface area contributed by atoms with Crippen molar-refractivity contribution in [2.75, 3.05) is 43.7 Å². The van der Waals surface area contributed by atoms with Gasteiger partial charge in [-0.2, -0.15) is 16.8 Å². The summed E-state index contributed by atoms with van der Waals surface area (Å²) in [7, 11) is -6.80. The molecule has 1 fully saturated rings. The molecule has 0 unspecified atom stereocenters. The van der Waals surface area contributed by atoms with Crippen LogP contribution in [0.25, 0.3) is 0 Å². The molecule has 2 aromatic rings. The lowest BCUT2D eigenvalue weighted by atomic mass is 10.00. The van der Waals surface area contributed by atoms with Crippen molar-refractivity contribution in [2.45, 2.75) is 58.0 Å². The van der Waals surface area contributed by atoms with Crippen LogP contribution in [0.15, 0.2) is 54.6 Å². The van der Waals surface area contributed by atoms with Crippen LogP contribution in [0.1, 0.15) is 45.1 Å². The molecule has 224 valence electrons. The fourth-order valence-electron chi connectivity index (χ4n) is 4.30. The summed E-state index contributed by atoms with van der Waals surface area (Å²) in [6.45, 7) is 6.63.